The normalized spacial score (nSPS) is 22.1. The van der Waals surface area contributed by atoms with E-state index in [0.29, 0.717) is 13.0 Å². The number of carbonyl (C=O) groups is 2. The first-order valence-corrected chi connectivity index (χ1v) is 6.64. The number of amides is 2. The molecule has 6 nitrogen and oxygen atoms in total. The Bertz CT molecular complexity index is 736. The van der Waals surface area contributed by atoms with Crippen molar-refractivity contribution in [3.05, 3.63) is 29.6 Å². The van der Waals surface area contributed by atoms with Crippen molar-refractivity contribution in [2.45, 2.75) is 19.0 Å². The molecule has 1 fully saturated rings. The van der Waals surface area contributed by atoms with Gasteiger partial charge in [0.15, 0.2) is 0 Å². The van der Waals surface area contributed by atoms with Crippen molar-refractivity contribution in [3.63, 3.8) is 0 Å². The fourth-order valence-corrected chi connectivity index (χ4v) is 3.19. The van der Waals surface area contributed by atoms with E-state index in [0.717, 1.165) is 22.3 Å². The number of hydrogen-bond donors (Lipinski definition) is 1. The molecule has 4 rings (SSSR count). The smallest absolute Gasteiger partial charge is 0.245 e. The van der Waals surface area contributed by atoms with Crippen molar-refractivity contribution < 1.29 is 9.59 Å². The average molecular weight is 270 g/mol. The molecule has 0 spiro atoms. The highest BCUT2D eigenvalue weighted by Gasteiger charge is 2.41. The zero-order valence-corrected chi connectivity index (χ0v) is 11.1. The molecule has 0 unspecified atom stereocenters. The highest BCUT2D eigenvalue weighted by atomic mass is 16.2. The predicted molar refractivity (Wildman–Crippen MR) is 71.8 cm³/mol. The van der Waals surface area contributed by atoms with Crippen LogP contribution in [0, 0.1) is 0 Å². The third-order valence-electron chi connectivity index (χ3n) is 4.22. The Morgan fingerprint density at radius 1 is 1.35 bits per heavy atom. The molecule has 2 aliphatic rings. The highest BCUT2D eigenvalue weighted by Crippen LogP contribution is 2.31. The summed E-state index contributed by atoms with van der Waals surface area (Å²) in [4.78, 5) is 35.2. The molecule has 2 aromatic heterocycles. The highest BCUT2D eigenvalue weighted by molar-refractivity contribution is 5.96. The van der Waals surface area contributed by atoms with E-state index in [1.54, 1.807) is 18.1 Å². The molecular formula is C14H14N4O2. The average Bonchev–Trinajstić information content (AvgIpc) is 2.81. The van der Waals surface area contributed by atoms with Gasteiger partial charge in [-0.25, -0.2) is 4.98 Å². The van der Waals surface area contributed by atoms with Gasteiger partial charge < -0.3 is 14.8 Å². The first-order chi connectivity index (χ1) is 9.65. The molecule has 102 valence electrons. The molecule has 4 heterocycles. The minimum absolute atomic E-state index is 0.00867. The number of rotatable bonds is 0. The van der Waals surface area contributed by atoms with Crippen molar-refractivity contribution in [3.8, 4) is 0 Å². The number of carbonyl (C=O) groups excluding carboxylic acids is 2. The van der Waals surface area contributed by atoms with E-state index < -0.39 is 0 Å². The van der Waals surface area contributed by atoms with Gasteiger partial charge in [0, 0.05) is 30.7 Å². The standard InChI is InChI=1S/C14H14N4O2/c1-17-7-12(19)18-6-10-9(5-11(18)14(17)20)8-3-2-4-15-13(8)16-10/h2-4,11H,5-7H2,1H3,(H,15,16)/t11-/m1/s1. The van der Waals surface area contributed by atoms with Crippen molar-refractivity contribution in [2.24, 2.45) is 0 Å². The van der Waals surface area contributed by atoms with E-state index in [4.69, 9.17) is 0 Å². The van der Waals surface area contributed by atoms with Gasteiger partial charge >= 0.3 is 0 Å². The van der Waals surface area contributed by atoms with Crippen LogP contribution < -0.4 is 0 Å². The van der Waals surface area contributed by atoms with Gasteiger partial charge in [0.1, 0.15) is 11.7 Å². The zero-order valence-electron chi connectivity index (χ0n) is 11.1. The SMILES string of the molecule is CN1CC(=O)N2Cc3[nH]c4ncccc4c3C[C@@H]2C1=O. The Morgan fingerprint density at radius 3 is 3.05 bits per heavy atom. The molecule has 0 bridgehead atoms. The summed E-state index contributed by atoms with van der Waals surface area (Å²) in [7, 11) is 1.68. The third-order valence-corrected chi connectivity index (χ3v) is 4.22. The number of nitrogens with zero attached hydrogens (tertiary/aromatic N) is 3. The molecule has 2 amide bonds. The molecule has 2 aromatic rings. The van der Waals surface area contributed by atoms with Gasteiger partial charge in [-0.1, -0.05) is 0 Å². The number of H-pyrrole nitrogens is 1. The van der Waals surface area contributed by atoms with Crippen LogP contribution >= 0.6 is 0 Å². The van der Waals surface area contributed by atoms with E-state index in [2.05, 4.69) is 9.97 Å². The van der Waals surface area contributed by atoms with Crippen LogP contribution in [0.4, 0.5) is 0 Å². The Kier molecular flexibility index (Phi) is 2.19. The summed E-state index contributed by atoms with van der Waals surface area (Å²) in [5.74, 6) is 0.0304. The second-order valence-electron chi connectivity index (χ2n) is 5.42. The largest absolute Gasteiger partial charge is 0.341 e. The number of hydrogen-bond acceptors (Lipinski definition) is 3. The van der Waals surface area contributed by atoms with Gasteiger partial charge in [0.2, 0.25) is 11.8 Å². The number of piperazine rings is 1. The molecule has 2 aliphatic heterocycles. The summed E-state index contributed by atoms with van der Waals surface area (Å²) in [6.45, 7) is 0.637. The quantitative estimate of drug-likeness (QED) is 0.748. The van der Waals surface area contributed by atoms with Gasteiger partial charge in [-0.15, -0.1) is 0 Å². The van der Waals surface area contributed by atoms with Crippen LogP contribution in [0.5, 0.6) is 0 Å². The first-order valence-electron chi connectivity index (χ1n) is 6.64. The second-order valence-corrected chi connectivity index (χ2v) is 5.42. The molecule has 1 saturated heterocycles. The number of pyridine rings is 1. The van der Waals surface area contributed by atoms with Crippen LogP contribution in [0.1, 0.15) is 11.3 Å². The number of nitrogens with one attached hydrogen (secondary N) is 1. The Hall–Kier alpha value is -2.37. The van der Waals surface area contributed by atoms with E-state index in [-0.39, 0.29) is 24.4 Å². The van der Waals surface area contributed by atoms with Gasteiger partial charge in [0.05, 0.1) is 13.1 Å². The summed E-state index contributed by atoms with van der Waals surface area (Å²) in [6.07, 6.45) is 2.30. The lowest BCUT2D eigenvalue weighted by molar-refractivity contribution is -0.155. The van der Waals surface area contributed by atoms with E-state index in [1.807, 2.05) is 12.1 Å². The third kappa shape index (κ3) is 1.41. The lowest BCUT2D eigenvalue weighted by Crippen LogP contribution is -2.60. The van der Waals surface area contributed by atoms with E-state index in [1.165, 1.54) is 4.90 Å². The number of aromatic amines is 1. The molecule has 1 N–H and O–H groups in total. The van der Waals surface area contributed by atoms with E-state index >= 15 is 0 Å². The molecule has 0 radical (unpaired) electrons. The summed E-state index contributed by atoms with van der Waals surface area (Å²) in [6, 6.07) is 3.53. The maximum atomic E-state index is 12.3. The topological polar surface area (TPSA) is 69.3 Å². The second kappa shape index (κ2) is 3.82. The molecule has 0 aliphatic carbocycles. The van der Waals surface area contributed by atoms with Crippen LogP contribution in [-0.4, -0.2) is 51.2 Å². The maximum absolute atomic E-state index is 12.3. The number of fused-ring (bicyclic) bond motifs is 4. The monoisotopic (exact) mass is 270 g/mol. The summed E-state index contributed by atoms with van der Waals surface area (Å²) < 4.78 is 0. The molecule has 6 heteroatoms. The minimum atomic E-state index is -0.368. The molecule has 0 aromatic carbocycles. The fraction of sp³-hybridized carbons (Fsp3) is 0.357. The predicted octanol–water partition coefficient (Wildman–Crippen LogP) is 0.288. The van der Waals surface area contributed by atoms with Crippen LogP contribution in [0.25, 0.3) is 11.0 Å². The lowest BCUT2D eigenvalue weighted by Gasteiger charge is -2.41. The molecular weight excluding hydrogens is 256 g/mol. The van der Waals surface area contributed by atoms with Gasteiger partial charge in [-0.3, -0.25) is 9.59 Å². The van der Waals surface area contributed by atoms with Crippen LogP contribution in [0.2, 0.25) is 0 Å². The fourth-order valence-electron chi connectivity index (χ4n) is 3.19. The zero-order chi connectivity index (χ0) is 13.9. The summed E-state index contributed by atoms with van der Waals surface area (Å²) in [5, 5.41) is 1.05. The first kappa shape index (κ1) is 11.5. The van der Waals surface area contributed by atoms with Gasteiger partial charge in [-0.05, 0) is 17.7 Å². The Balaban J connectivity index is 1.84. The lowest BCUT2D eigenvalue weighted by atomic mass is 9.94. The Morgan fingerprint density at radius 2 is 2.20 bits per heavy atom. The van der Waals surface area contributed by atoms with Crippen LogP contribution in [-0.2, 0) is 22.6 Å². The van der Waals surface area contributed by atoms with Crippen molar-refractivity contribution >= 4 is 22.8 Å². The van der Waals surface area contributed by atoms with Crippen LogP contribution in [0.3, 0.4) is 0 Å². The van der Waals surface area contributed by atoms with Gasteiger partial charge in [-0.2, -0.15) is 0 Å². The van der Waals surface area contributed by atoms with Crippen molar-refractivity contribution in [1.29, 1.82) is 0 Å². The van der Waals surface area contributed by atoms with Crippen molar-refractivity contribution in [1.82, 2.24) is 19.8 Å². The minimum Gasteiger partial charge on any atom is -0.341 e. The maximum Gasteiger partial charge on any atom is 0.245 e. The van der Waals surface area contributed by atoms with E-state index in [9.17, 15) is 9.59 Å². The number of likely N-dealkylation sites (N-methyl/N-ethyl adjacent to an activating group) is 1. The number of aromatic nitrogens is 2. The Labute approximate surface area is 115 Å². The summed E-state index contributed by atoms with van der Waals surface area (Å²) >= 11 is 0. The van der Waals surface area contributed by atoms with Gasteiger partial charge in [0.25, 0.3) is 0 Å². The molecule has 20 heavy (non-hydrogen) atoms. The summed E-state index contributed by atoms with van der Waals surface area (Å²) in [5.41, 5.74) is 2.94. The van der Waals surface area contributed by atoms with Crippen LogP contribution in [0.15, 0.2) is 18.3 Å². The molecule has 1 atom stereocenters. The van der Waals surface area contributed by atoms with Crippen molar-refractivity contribution in [2.75, 3.05) is 13.6 Å². The molecule has 0 saturated carbocycles.